The second-order valence-electron chi connectivity index (χ2n) is 4.13. The second-order valence-corrected chi connectivity index (χ2v) is 4.13. The zero-order chi connectivity index (χ0) is 12.5. The molecule has 3 heteroatoms. The van der Waals surface area contributed by atoms with Crippen molar-refractivity contribution < 1.29 is 9.47 Å². The van der Waals surface area contributed by atoms with Gasteiger partial charge >= 0.3 is 0 Å². The Morgan fingerprint density at radius 1 is 1.24 bits per heavy atom. The molecule has 0 saturated heterocycles. The van der Waals surface area contributed by atoms with Crippen LogP contribution in [0.2, 0.25) is 0 Å². The molecule has 0 spiro atoms. The molecule has 1 aromatic rings. The summed E-state index contributed by atoms with van der Waals surface area (Å²) >= 11 is 0. The molecule has 0 aliphatic heterocycles. The second kappa shape index (κ2) is 8.09. The van der Waals surface area contributed by atoms with Gasteiger partial charge in [0, 0.05) is 12.1 Å². The molecule has 1 rings (SSSR count). The van der Waals surface area contributed by atoms with Crippen molar-refractivity contribution in [3.8, 4) is 5.75 Å². The fourth-order valence-corrected chi connectivity index (χ4v) is 1.70. The van der Waals surface area contributed by atoms with Crippen LogP contribution in [0.4, 0.5) is 0 Å². The summed E-state index contributed by atoms with van der Waals surface area (Å²) in [5.74, 6) is 0.863. The topological polar surface area (TPSA) is 44.5 Å². The van der Waals surface area contributed by atoms with Crippen LogP contribution in [-0.4, -0.2) is 19.3 Å². The van der Waals surface area contributed by atoms with Crippen LogP contribution in [0.3, 0.4) is 0 Å². The minimum Gasteiger partial charge on any atom is -0.491 e. The number of hydrogen-bond acceptors (Lipinski definition) is 3. The molecule has 17 heavy (non-hydrogen) atoms. The maximum absolute atomic E-state index is 5.65. The van der Waals surface area contributed by atoms with Gasteiger partial charge in [-0.1, -0.05) is 31.5 Å². The van der Waals surface area contributed by atoms with Crippen LogP contribution in [-0.2, 0) is 11.3 Å². The van der Waals surface area contributed by atoms with Crippen molar-refractivity contribution in [2.24, 2.45) is 5.73 Å². The zero-order valence-electron chi connectivity index (χ0n) is 10.8. The fourth-order valence-electron chi connectivity index (χ4n) is 1.70. The van der Waals surface area contributed by atoms with E-state index in [0.29, 0.717) is 25.9 Å². The molecular formula is C14H23NO2. The summed E-state index contributed by atoms with van der Waals surface area (Å²) in [4.78, 5) is 0. The fraction of sp³-hybridized carbons (Fsp3) is 0.571. The minimum atomic E-state index is 0.313. The lowest BCUT2D eigenvalue weighted by Gasteiger charge is -2.13. The lowest BCUT2D eigenvalue weighted by Crippen LogP contribution is -2.14. The Labute approximate surface area is 104 Å². The van der Waals surface area contributed by atoms with E-state index in [0.717, 1.165) is 24.2 Å². The van der Waals surface area contributed by atoms with Gasteiger partial charge in [0.25, 0.3) is 0 Å². The molecule has 3 nitrogen and oxygen atoms in total. The first-order valence-corrected chi connectivity index (χ1v) is 6.30. The Kier molecular flexibility index (Phi) is 6.67. The Bertz CT molecular complexity index is 315. The van der Waals surface area contributed by atoms with Crippen molar-refractivity contribution in [1.29, 1.82) is 0 Å². The van der Waals surface area contributed by atoms with Gasteiger partial charge in [-0.3, -0.25) is 0 Å². The highest BCUT2D eigenvalue weighted by atomic mass is 16.5. The minimum absolute atomic E-state index is 0.313. The molecule has 2 N–H and O–H groups in total. The molecule has 1 unspecified atom stereocenters. The maximum atomic E-state index is 5.65. The van der Waals surface area contributed by atoms with Gasteiger partial charge in [0.2, 0.25) is 0 Å². The lowest BCUT2D eigenvalue weighted by atomic mass is 10.2. The standard InChI is InChI=1S/C14H23NO2/c1-3-6-12(2)16-9-10-17-14-8-5-4-7-13(14)11-15/h4-5,7-8,12H,3,6,9-11,15H2,1-2H3. The van der Waals surface area contributed by atoms with Crippen LogP contribution >= 0.6 is 0 Å². The average Bonchev–Trinajstić information content (AvgIpc) is 2.35. The third-order valence-corrected chi connectivity index (χ3v) is 2.63. The number of nitrogens with two attached hydrogens (primary N) is 1. The summed E-state index contributed by atoms with van der Waals surface area (Å²) in [5, 5.41) is 0. The van der Waals surface area contributed by atoms with Crippen LogP contribution in [0.1, 0.15) is 32.3 Å². The predicted molar refractivity (Wildman–Crippen MR) is 70.2 cm³/mol. The monoisotopic (exact) mass is 237 g/mol. The normalized spacial score (nSPS) is 12.4. The first-order valence-electron chi connectivity index (χ1n) is 6.30. The zero-order valence-corrected chi connectivity index (χ0v) is 10.8. The van der Waals surface area contributed by atoms with Gasteiger partial charge in [-0.2, -0.15) is 0 Å². The molecule has 1 atom stereocenters. The predicted octanol–water partition coefficient (Wildman–Crippen LogP) is 2.73. The summed E-state index contributed by atoms with van der Waals surface area (Å²) in [6, 6.07) is 7.84. The molecule has 0 amide bonds. The molecule has 0 fully saturated rings. The van der Waals surface area contributed by atoms with Crippen molar-refractivity contribution in [2.75, 3.05) is 13.2 Å². The van der Waals surface area contributed by atoms with Gasteiger partial charge in [-0.25, -0.2) is 0 Å². The molecule has 1 aromatic carbocycles. The summed E-state index contributed by atoms with van der Waals surface area (Å²) < 4.78 is 11.3. The summed E-state index contributed by atoms with van der Waals surface area (Å²) in [6.45, 7) is 5.96. The van der Waals surface area contributed by atoms with E-state index in [1.165, 1.54) is 0 Å². The highest BCUT2D eigenvalue weighted by Crippen LogP contribution is 2.16. The number of benzene rings is 1. The third-order valence-electron chi connectivity index (χ3n) is 2.63. The largest absolute Gasteiger partial charge is 0.491 e. The Balaban J connectivity index is 2.26. The molecular weight excluding hydrogens is 214 g/mol. The van der Waals surface area contributed by atoms with Gasteiger partial charge in [-0.05, 0) is 19.4 Å². The first kappa shape index (κ1) is 14.0. The van der Waals surface area contributed by atoms with E-state index in [1.54, 1.807) is 0 Å². The number of rotatable bonds is 8. The lowest BCUT2D eigenvalue weighted by molar-refractivity contribution is 0.0394. The molecule has 0 aliphatic carbocycles. The van der Waals surface area contributed by atoms with E-state index >= 15 is 0 Å². The van der Waals surface area contributed by atoms with E-state index < -0.39 is 0 Å². The Morgan fingerprint density at radius 3 is 2.71 bits per heavy atom. The molecule has 0 bridgehead atoms. The van der Waals surface area contributed by atoms with Gasteiger partial charge in [0.05, 0.1) is 12.7 Å². The van der Waals surface area contributed by atoms with E-state index in [9.17, 15) is 0 Å². The smallest absolute Gasteiger partial charge is 0.123 e. The SMILES string of the molecule is CCCC(C)OCCOc1ccccc1CN. The van der Waals surface area contributed by atoms with E-state index in [-0.39, 0.29) is 0 Å². The molecule has 0 aliphatic rings. The Morgan fingerprint density at radius 2 is 2.00 bits per heavy atom. The van der Waals surface area contributed by atoms with Crippen LogP contribution in [0.15, 0.2) is 24.3 Å². The molecule has 0 aromatic heterocycles. The van der Waals surface area contributed by atoms with Crippen LogP contribution in [0.25, 0.3) is 0 Å². The van der Waals surface area contributed by atoms with Crippen molar-refractivity contribution in [2.45, 2.75) is 39.3 Å². The number of ether oxygens (including phenoxy) is 2. The quantitative estimate of drug-likeness (QED) is 0.707. The number of para-hydroxylation sites is 1. The molecule has 0 radical (unpaired) electrons. The summed E-state index contributed by atoms with van der Waals surface area (Å²) in [6.07, 6.45) is 2.56. The van der Waals surface area contributed by atoms with E-state index in [1.807, 2.05) is 24.3 Å². The van der Waals surface area contributed by atoms with E-state index in [4.69, 9.17) is 15.2 Å². The van der Waals surface area contributed by atoms with Crippen LogP contribution in [0, 0.1) is 0 Å². The Hall–Kier alpha value is -1.06. The van der Waals surface area contributed by atoms with Gasteiger partial charge < -0.3 is 15.2 Å². The summed E-state index contributed by atoms with van der Waals surface area (Å²) in [5.41, 5.74) is 6.67. The van der Waals surface area contributed by atoms with Crippen molar-refractivity contribution in [3.05, 3.63) is 29.8 Å². The van der Waals surface area contributed by atoms with Gasteiger partial charge in [0.15, 0.2) is 0 Å². The van der Waals surface area contributed by atoms with E-state index in [2.05, 4.69) is 13.8 Å². The van der Waals surface area contributed by atoms with Gasteiger partial charge in [-0.15, -0.1) is 0 Å². The first-order chi connectivity index (χ1) is 8.27. The third kappa shape index (κ3) is 5.20. The van der Waals surface area contributed by atoms with Crippen molar-refractivity contribution in [3.63, 3.8) is 0 Å². The highest BCUT2D eigenvalue weighted by Gasteiger charge is 2.02. The van der Waals surface area contributed by atoms with Crippen LogP contribution < -0.4 is 10.5 Å². The summed E-state index contributed by atoms with van der Waals surface area (Å²) in [7, 11) is 0. The highest BCUT2D eigenvalue weighted by molar-refractivity contribution is 5.32. The van der Waals surface area contributed by atoms with Crippen molar-refractivity contribution in [1.82, 2.24) is 0 Å². The average molecular weight is 237 g/mol. The van der Waals surface area contributed by atoms with Crippen molar-refractivity contribution >= 4 is 0 Å². The maximum Gasteiger partial charge on any atom is 0.123 e. The van der Waals surface area contributed by atoms with Crippen LogP contribution in [0.5, 0.6) is 5.75 Å². The number of hydrogen-bond donors (Lipinski definition) is 1. The molecule has 0 saturated carbocycles. The molecule has 96 valence electrons. The molecule has 0 heterocycles. The van der Waals surface area contributed by atoms with Gasteiger partial charge in [0.1, 0.15) is 12.4 Å².